The summed E-state index contributed by atoms with van der Waals surface area (Å²) >= 11 is 0. The van der Waals surface area contributed by atoms with Crippen LogP contribution in [0, 0.1) is 5.82 Å². The summed E-state index contributed by atoms with van der Waals surface area (Å²) in [6.45, 7) is 3.13. The quantitative estimate of drug-likeness (QED) is 0.785. The molecule has 116 valence electrons. The molecule has 6 heteroatoms. The van der Waals surface area contributed by atoms with Crippen LogP contribution in [0.15, 0.2) is 18.2 Å². The molecular formula is C15H20FNO4. The summed E-state index contributed by atoms with van der Waals surface area (Å²) < 4.78 is 23.9. The Morgan fingerprint density at radius 3 is 3.00 bits per heavy atom. The van der Waals surface area contributed by atoms with Gasteiger partial charge in [0.05, 0.1) is 12.7 Å². The summed E-state index contributed by atoms with van der Waals surface area (Å²) in [5.41, 5.74) is 0.337. The van der Waals surface area contributed by atoms with Crippen LogP contribution in [0.1, 0.15) is 31.4 Å². The van der Waals surface area contributed by atoms with Gasteiger partial charge in [-0.2, -0.15) is 0 Å². The van der Waals surface area contributed by atoms with Crippen LogP contribution < -0.4 is 5.32 Å². The Morgan fingerprint density at radius 2 is 2.38 bits per heavy atom. The molecule has 2 N–H and O–H groups in total. The van der Waals surface area contributed by atoms with Crippen molar-refractivity contribution in [2.75, 3.05) is 19.8 Å². The van der Waals surface area contributed by atoms with Crippen molar-refractivity contribution in [3.05, 3.63) is 29.6 Å². The number of esters is 1. The zero-order chi connectivity index (χ0) is 15.2. The molecule has 1 aromatic rings. The average molecular weight is 297 g/mol. The van der Waals surface area contributed by atoms with Crippen LogP contribution in [-0.4, -0.2) is 36.9 Å². The fraction of sp³-hybridized carbons (Fsp3) is 0.533. The topological polar surface area (TPSA) is 67.8 Å². The standard InChI is InChI=1S/C15H20FNO4/c1-2-20-15(19)14(17-9-13-4-3-5-21-13)10-6-11(16)8-12(18)7-10/h6-8,13-14,17-18H,2-5,9H2,1H3. The third-order valence-corrected chi connectivity index (χ3v) is 3.33. The van der Waals surface area contributed by atoms with Crippen LogP contribution in [0.3, 0.4) is 0 Å². The molecule has 1 heterocycles. The van der Waals surface area contributed by atoms with E-state index in [1.165, 1.54) is 12.1 Å². The maximum atomic E-state index is 13.4. The molecule has 5 nitrogen and oxygen atoms in total. The Kier molecular flexibility index (Phi) is 5.52. The molecule has 1 aliphatic rings. The summed E-state index contributed by atoms with van der Waals surface area (Å²) in [6, 6.07) is 2.73. The van der Waals surface area contributed by atoms with Gasteiger partial charge >= 0.3 is 5.97 Å². The Balaban J connectivity index is 2.11. The maximum absolute atomic E-state index is 13.4. The van der Waals surface area contributed by atoms with Crippen molar-refractivity contribution in [2.24, 2.45) is 0 Å². The Labute approximate surface area is 123 Å². The first-order valence-corrected chi connectivity index (χ1v) is 7.11. The molecule has 0 amide bonds. The van der Waals surface area contributed by atoms with Gasteiger partial charge in [0, 0.05) is 19.2 Å². The van der Waals surface area contributed by atoms with Crippen molar-refractivity contribution in [3.8, 4) is 5.75 Å². The Morgan fingerprint density at radius 1 is 1.57 bits per heavy atom. The minimum absolute atomic E-state index is 0.0454. The molecule has 21 heavy (non-hydrogen) atoms. The number of nitrogens with one attached hydrogen (secondary N) is 1. The fourth-order valence-corrected chi connectivity index (χ4v) is 2.38. The average Bonchev–Trinajstić information content (AvgIpc) is 2.91. The van der Waals surface area contributed by atoms with Gasteiger partial charge < -0.3 is 14.6 Å². The van der Waals surface area contributed by atoms with E-state index in [1.54, 1.807) is 6.92 Å². The molecule has 0 spiro atoms. The molecule has 0 bridgehead atoms. The lowest BCUT2D eigenvalue weighted by molar-refractivity contribution is -0.146. The van der Waals surface area contributed by atoms with Crippen LogP contribution in [0.25, 0.3) is 0 Å². The maximum Gasteiger partial charge on any atom is 0.327 e. The van der Waals surface area contributed by atoms with E-state index in [0.29, 0.717) is 12.1 Å². The van der Waals surface area contributed by atoms with E-state index in [4.69, 9.17) is 9.47 Å². The van der Waals surface area contributed by atoms with Crippen molar-refractivity contribution >= 4 is 5.97 Å². The van der Waals surface area contributed by atoms with E-state index in [-0.39, 0.29) is 18.5 Å². The first kappa shape index (κ1) is 15.7. The number of phenolic OH excluding ortho intramolecular Hbond substituents is 1. The zero-order valence-electron chi connectivity index (χ0n) is 12.0. The number of carbonyl (C=O) groups is 1. The number of carbonyl (C=O) groups excluding carboxylic acids is 1. The molecule has 1 aromatic carbocycles. The minimum Gasteiger partial charge on any atom is -0.508 e. The Hall–Kier alpha value is -1.66. The molecule has 1 aliphatic heterocycles. The van der Waals surface area contributed by atoms with Gasteiger partial charge in [-0.05, 0) is 37.5 Å². The van der Waals surface area contributed by atoms with Crippen LogP contribution >= 0.6 is 0 Å². The van der Waals surface area contributed by atoms with Crippen LogP contribution in [0.2, 0.25) is 0 Å². The predicted octanol–water partition coefficient (Wildman–Crippen LogP) is 1.90. The van der Waals surface area contributed by atoms with Gasteiger partial charge in [-0.25, -0.2) is 9.18 Å². The number of rotatable bonds is 6. The van der Waals surface area contributed by atoms with Gasteiger partial charge in [0.2, 0.25) is 0 Å². The molecule has 1 saturated heterocycles. The molecule has 0 aliphatic carbocycles. The second-order valence-corrected chi connectivity index (χ2v) is 4.97. The van der Waals surface area contributed by atoms with Crippen molar-refractivity contribution in [1.82, 2.24) is 5.32 Å². The smallest absolute Gasteiger partial charge is 0.327 e. The molecular weight excluding hydrogens is 277 g/mol. The van der Waals surface area contributed by atoms with Crippen molar-refractivity contribution < 1.29 is 23.8 Å². The lowest BCUT2D eigenvalue weighted by Crippen LogP contribution is -2.35. The van der Waals surface area contributed by atoms with Gasteiger partial charge in [-0.15, -0.1) is 0 Å². The second-order valence-electron chi connectivity index (χ2n) is 4.97. The zero-order valence-corrected chi connectivity index (χ0v) is 12.0. The van der Waals surface area contributed by atoms with Gasteiger partial charge in [0.1, 0.15) is 17.6 Å². The largest absolute Gasteiger partial charge is 0.508 e. The molecule has 0 aromatic heterocycles. The lowest BCUT2D eigenvalue weighted by Gasteiger charge is -2.20. The van der Waals surface area contributed by atoms with Gasteiger partial charge in [0.25, 0.3) is 0 Å². The van der Waals surface area contributed by atoms with Crippen LogP contribution in [0.5, 0.6) is 5.75 Å². The molecule has 1 fully saturated rings. The van der Waals surface area contributed by atoms with Gasteiger partial charge in [-0.1, -0.05) is 0 Å². The third kappa shape index (κ3) is 4.41. The highest BCUT2D eigenvalue weighted by Gasteiger charge is 2.25. The first-order chi connectivity index (χ1) is 10.1. The van der Waals surface area contributed by atoms with Gasteiger partial charge in [-0.3, -0.25) is 5.32 Å². The van der Waals surface area contributed by atoms with E-state index >= 15 is 0 Å². The number of benzene rings is 1. The number of hydrogen-bond donors (Lipinski definition) is 2. The molecule has 2 atom stereocenters. The molecule has 2 unspecified atom stereocenters. The van der Waals surface area contributed by atoms with E-state index in [0.717, 1.165) is 25.5 Å². The van der Waals surface area contributed by atoms with Gasteiger partial charge in [0.15, 0.2) is 0 Å². The van der Waals surface area contributed by atoms with Crippen molar-refractivity contribution in [2.45, 2.75) is 31.9 Å². The SMILES string of the molecule is CCOC(=O)C(NCC1CCCO1)c1cc(O)cc(F)c1. The summed E-state index contributed by atoms with van der Waals surface area (Å²) in [7, 11) is 0. The molecule has 0 saturated carbocycles. The summed E-state index contributed by atoms with van der Waals surface area (Å²) in [6.07, 6.45) is 1.97. The predicted molar refractivity (Wildman–Crippen MR) is 74.4 cm³/mol. The monoisotopic (exact) mass is 297 g/mol. The van der Waals surface area contributed by atoms with E-state index in [2.05, 4.69) is 5.32 Å². The van der Waals surface area contributed by atoms with Crippen molar-refractivity contribution in [3.63, 3.8) is 0 Å². The summed E-state index contributed by atoms with van der Waals surface area (Å²) in [5, 5.41) is 12.5. The molecule has 2 rings (SSSR count). The number of halogens is 1. The lowest BCUT2D eigenvalue weighted by atomic mass is 10.1. The second kappa shape index (κ2) is 7.38. The highest BCUT2D eigenvalue weighted by molar-refractivity contribution is 5.77. The van der Waals surface area contributed by atoms with E-state index in [1.807, 2.05) is 0 Å². The van der Waals surface area contributed by atoms with E-state index in [9.17, 15) is 14.3 Å². The Bertz CT molecular complexity index is 468. The first-order valence-electron chi connectivity index (χ1n) is 7.11. The highest BCUT2D eigenvalue weighted by Crippen LogP contribution is 2.22. The van der Waals surface area contributed by atoms with E-state index < -0.39 is 17.8 Å². The minimum atomic E-state index is -0.823. The summed E-state index contributed by atoms with van der Waals surface area (Å²) in [5.74, 6) is -1.32. The van der Waals surface area contributed by atoms with Crippen molar-refractivity contribution in [1.29, 1.82) is 0 Å². The summed E-state index contributed by atoms with van der Waals surface area (Å²) in [4.78, 5) is 12.0. The fourth-order valence-electron chi connectivity index (χ4n) is 2.38. The number of ether oxygens (including phenoxy) is 2. The highest BCUT2D eigenvalue weighted by atomic mass is 19.1. The number of phenols is 1. The molecule has 0 radical (unpaired) electrons. The van der Waals surface area contributed by atoms with Crippen LogP contribution in [-0.2, 0) is 14.3 Å². The van der Waals surface area contributed by atoms with Crippen LogP contribution in [0.4, 0.5) is 4.39 Å². The number of hydrogen-bond acceptors (Lipinski definition) is 5. The normalized spacial score (nSPS) is 19.4. The third-order valence-electron chi connectivity index (χ3n) is 3.33. The number of aromatic hydroxyl groups is 1.